The number of nitro benzene ring substituents is 2. The number of carboxylic acid groups (broad SMARTS) is 2. The molecule has 0 fully saturated rings. The van der Waals surface area contributed by atoms with Crippen molar-refractivity contribution in [3.8, 4) is 11.5 Å². The van der Waals surface area contributed by atoms with Gasteiger partial charge in [-0.3, -0.25) is 20.2 Å². The molecule has 12 nitrogen and oxygen atoms in total. The number of nitro groups is 2. The Hall–Kier alpha value is -5.00. The van der Waals surface area contributed by atoms with Crippen molar-refractivity contribution < 1.29 is 39.1 Å². The third-order valence-corrected chi connectivity index (χ3v) is 4.69. The number of nitrogens with zero attached hydrogens (tertiary/aromatic N) is 2. The second-order valence-corrected chi connectivity index (χ2v) is 6.78. The summed E-state index contributed by atoms with van der Waals surface area (Å²) in [7, 11) is 0. The Labute approximate surface area is 190 Å². The number of hydrogen-bond donors (Lipinski definition) is 2. The number of carboxylic acids is 2. The van der Waals surface area contributed by atoms with Gasteiger partial charge in [-0.2, -0.15) is 0 Å². The van der Waals surface area contributed by atoms with Crippen LogP contribution in [0.1, 0.15) is 31.8 Å². The molecule has 2 N–H and O–H groups in total. The van der Waals surface area contributed by atoms with Crippen LogP contribution in [0, 0.1) is 20.2 Å². The van der Waals surface area contributed by atoms with Gasteiger partial charge in [0.25, 0.3) is 11.4 Å². The maximum absolute atomic E-state index is 11.8. The van der Waals surface area contributed by atoms with Gasteiger partial charge in [-0.25, -0.2) is 9.59 Å². The lowest BCUT2D eigenvalue weighted by atomic mass is 10.1. The average Bonchev–Trinajstić information content (AvgIpc) is 2.81. The van der Waals surface area contributed by atoms with Crippen LogP contribution < -0.4 is 9.47 Å². The van der Waals surface area contributed by atoms with E-state index in [2.05, 4.69) is 0 Å². The minimum atomic E-state index is -1.47. The zero-order chi connectivity index (χ0) is 24.8. The second-order valence-electron chi connectivity index (χ2n) is 6.78. The van der Waals surface area contributed by atoms with Gasteiger partial charge in [0.2, 0.25) is 0 Å². The van der Waals surface area contributed by atoms with Gasteiger partial charge in [0.15, 0.2) is 11.5 Å². The summed E-state index contributed by atoms with van der Waals surface area (Å²) in [6.45, 7) is -0.940. The number of para-hydroxylation sites is 2. The molecule has 0 amide bonds. The predicted molar refractivity (Wildman–Crippen MR) is 115 cm³/mol. The van der Waals surface area contributed by atoms with Crippen molar-refractivity contribution in [2.75, 3.05) is 0 Å². The van der Waals surface area contributed by atoms with Gasteiger partial charge < -0.3 is 19.7 Å². The Morgan fingerprint density at radius 1 is 0.676 bits per heavy atom. The second kappa shape index (κ2) is 10.1. The number of benzene rings is 3. The Morgan fingerprint density at radius 3 is 1.35 bits per heavy atom. The van der Waals surface area contributed by atoms with E-state index in [9.17, 15) is 40.0 Å². The molecule has 0 heterocycles. The number of aromatic carboxylic acids is 2. The van der Waals surface area contributed by atoms with Crippen molar-refractivity contribution in [3.05, 3.63) is 103 Å². The van der Waals surface area contributed by atoms with Gasteiger partial charge in [0.1, 0.15) is 24.3 Å². The fraction of sp³-hybridized carbons (Fsp3) is 0.0909. The first kappa shape index (κ1) is 23.7. The minimum Gasteiger partial charge on any atom is -0.484 e. The molecular weight excluding hydrogens is 452 g/mol. The minimum absolute atomic E-state index is 0.106. The van der Waals surface area contributed by atoms with E-state index in [4.69, 9.17) is 9.47 Å². The third kappa shape index (κ3) is 5.07. The van der Waals surface area contributed by atoms with Crippen LogP contribution in [-0.2, 0) is 13.2 Å². The molecule has 0 bridgehead atoms. The van der Waals surface area contributed by atoms with Crippen LogP contribution in [0.25, 0.3) is 0 Å². The van der Waals surface area contributed by atoms with Crippen LogP contribution >= 0.6 is 0 Å². The molecule has 0 atom stereocenters. The van der Waals surface area contributed by atoms with Gasteiger partial charge in [-0.15, -0.1) is 0 Å². The highest BCUT2D eigenvalue weighted by Crippen LogP contribution is 2.37. The first-order chi connectivity index (χ1) is 16.2. The highest BCUT2D eigenvalue weighted by atomic mass is 16.6. The van der Waals surface area contributed by atoms with Gasteiger partial charge >= 0.3 is 11.9 Å². The van der Waals surface area contributed by atoms with E-state index in [0.29, 0.717) is 0 Å². The highest BCUT2D eigenvalue weighted by Gasteiger charge is 2.26. The SMILES string of the molecule is O=C(O)c1ccc(C(=O)O)c(OCc2ccccc2[N+](=O)[O-])c1OCc1ccccc1[N+](=O)[O-]. The smallest absolute Gasteiger partial charge is 0.339 e. The molecule has 0 saturated heterocycles. The summed E-state index contributed by atoms with van der Waals surface area (Å²) in [5.41, 5.74) is -1.27. The quantitative estimate of drug-likeness (QED) is 0.325. The molecule has 0 saturated carbocycles. The molecule has 0 radical (unpaired) electrons. The number of rotatable bonds is 10. The summed E-state index contributed by atoms with van der Waals surface area (Å²) in [5, 5.41) is 41.7. The van der Waals surface area contributed by atoms with Crippen LogP contribution in [0.5, 0.6) is 11.5 Å². The topological polar surface area (TPSA) is 179 Å². The Morgan fingerprint density at radius 2 is 1.03 bits per heavy atom. The zero-order valence-corrected chi connectivity index (χ0v) is 17.2. The molecule has 0 unspecified atom stereocenters. The van der Waals surface area contributed by atoms with Crippen LogP contribution in [0.3, 0.4) is 0 Å². The maximum Gasteiger partial charge on any atom is 0.339 e. The van der Waals surface area contributed by atoms with E-state index in [1.165, 1.54) is 48.5 Å². The lowest BCUT2D eigenvalue weighted by molar-refractivity contribution is -0.386. The van der Waals surface area contributed by atoms with Crippen LogP contribution in [0.15, 0.2) is 60.7 Å². The first-order valence-corrected chi connectivity index (χ1v) is 9.54. The Bertz CT molecular complexity index is 1190. The van der Waals surface area contributed by atoms with Crippen molar-refractivity contribution in [2.45, 2.75) is 13.2 Å². The van der Waals surface area contributed by atoms with Gasteiger partial charge in [-0.05, 0) is 24.3 Å². The summed E-state index contributed by atoms with van der Waals surface area (Å²) in [6, 6.07) is 13.2. The van der Waals surface area contributed by atoms with Crippen LogP contribution in [0.2, 0.25) is 0 Å². The zero-order valence-electron chi connectivity index (χ0n) is 17.2. The molecule has 3 aromatic rings. The van der Waals surface area contributed by atoms with Crippen LogP contribution in [-0.4, -0.2) is 32.0 Å². The summed E-state index contributed by atoms with van der Waals surface area (Å²) in [4.78, 5) is 44.8. The molecule has 0 aliphatic heterocycles. The van der Waals surface area contributed by atoms with Crippen LogP contribution in [0.4, 0.5) is 11.4 Å². The van der Waals surface area contributed by atoms with E-state index in [-0.39, 0.29) is 22.5 Å². The van der Waals surface area contributed by atoms with E-state index >= 15 is 0 Å². The number of ether oxygens (including phenoxy) is 2. The summed E-state index contributed by atoms with van der Waals surface area (Å²) in [5.74, 6) is -3.90. The predicted octanol–water partition coefficient (Wildman–Crippen LogP) is 4.06. The van der Waals surface area contributed by atoms with Crippen molar-refractivity contribution in [3.63, 3.8) is 0 Å². The Kier molecular flexibility index (Phi) is 7.01. The summed E-state index contributed by atoms with van der Waals surface area (Å²) < 4.78 is 11.1. The fourth-order valence-electron chi connectivity index (χ4n) is 3.11. The average molecular weight is 468 g/mol. The molecule has 0 spiro atoms. The Balaban J connectivity index is 2.05. The van der Waals surface area contributed by atoms with Crippen molar-refractivity contribution >= 4 is 23.3 Å². The normalized spacial score (nSPS) is 10.4. The van der Waals surface area contributed by atoms with Crippen molar-refractivity contribution in [1.29, 1.82) is 0 Å². The molecule has 0 aromatic heterocycles. The van der Waals surface area contributed by atoms with E-state index in [0.717, 1.165) is 12.1 Å². The standard InChI is InChI=1S/C22H16N2O10/c25-21(26)15-9-10-16(22(27)28)20(34-12-14-6-2-4-8-18(14)24(31)32)19(15)33-11-13-5-1-3-7-17(13)23(29)30/h1-10H,11-12H2,(H,25,26)(H,27,28). The van der Waals surface area contributed by atoms with Gasteiger partial charge in [0.05, 0.1) is 21.0 Å². The van der Waals surface area contributed by atoms with E-state index in [1.54, 1.807) is 0 Å². The molecule has 3 aromatic carbocycles. The van der Waals surface area contributed by atoms with E-state index in [1.807, 2.05) is 0 Å². The van der Waals surface area contributed by atoms with Crippen molar-refractivity contribution in [2.24, 2.45) is 0 Å². The highest BCUT2D eigenvalue weighted by molar-refractivity contribution is 5.98. The van der Waals surface area contributed by atoms with Crippen molar-refractivity contribution in [1.82, 2.24) is 0 Å². The van der Waals surface area contributed by atoms with Gasteiger partial charge in [0, 0.05) is 12.1 Å². The number of hydrogen-bond acceptors (Lipinski definition) is 8. The number of carbonyl (C=O) groups is 2. The van der Waals surface area contributed by atoms with E-state index < -0.39 is 57.6 Å². The molecule has 3 rings (SSSR count). The largest absolute Gasteiger partial charge is 0.484 e. The fourth-order valence-corrected chi connectivity index (χ4v) is 3.11. The lowest BCUT2D eigenvalue weighted by Gasteiger charge is -2.17. The third-order valence-electron chi connectivity index (χ3n) is 4.69. The first-order valence-electron chi connectivity index (χ1n) is 9.54. The molecule has 12 heteroatoms. The lowest BCUT2D eigenvalue weighted by Crippen LogP contribution is -2.11. The molecular formula is C22H16N2O10. The molecule has 0 aliphatic carbocycles. The molecule has 0 aliphatic rings. The molecule has 174 valence electrons. The molecule has 34 heavy (non-hydrogen) atoms. The van der Waals surface area contributed by atoms with Gasteiger partial charge in [-0.1, -0.05) is 24.3 Å². The summed E-state index contributed by atoms with van der Waals surface area (Å²) >= 11 is 0. The summed E-state index contributed by atoms with van der Waals surface area (Å²) in [6.07, 6.45) is 0. The monoisotopic (exact) mass is 468 g/mol. The maximum atomic E-state index is 11.8.